The number of hydrogen-bond donors (Lipinski definition) is 1. The van der Waals surface area contributed by atoms with Gasteiger partial charge in [0.15, 0.2) is 0 Å². The molecule has 1 aromatic rings. The van der Waals surface area contributed by atoms with Crippen molar-refractivity contribution in [3.05, 3.63) is 12.4 Å². The molecule has 2 fully saturated rings. The molecule has 0 aromatic carbocycles. The van der Waals surface area contributed by atoms with Crippen LogP contribution >= 0.6 is 0 Å². The van der Waals surface area contributed by atoms with Crippen LogP contribution in [0.1, 0.15) is 33.6 Å². The minimum atomic E-state index is -0.413. The number of amides is 1. The number of rotatable bonds is 2. The second-order valence-corrected chi connectivity index (χ2v) is 7.49. The van der Waals surface area contributed by atoms with Gasteiger partial charge in [-0.25, -0.2) is 4.79 Å². The van der Waals surface area contributed by atoms with Gasteiger partial charge in [-0.05, 0) is 33.6 Å². The molecule has 6 heteroatoms. The molecule has 1 spiro atoms. The first-order valence-electron chi connectivity index (χ1n) is 7.48. The van der Waals surface area contributed by atoms with Crippen LogP contribution in [-0.2, 0) is 11.8 Å². The molecule has 0 atom stereocenters. The van der Waals surface area contributed by atoms with Crippen LogP contribution in [-0.4, -0.2) is 45.5 Å². The van der Waals surface area contributed by atoms with Crippen molar-refractivity contribution in [1.29, 1.82) is 0 Å². The number of anilines is 1. The average molecular weight is 292 g/mol. The molecule has 0 bridgehead atoms. The van der Waals surface area contributed by atoms with Gasteiger partial charge in [0.2, 0.25) is 0 Å². The maximum absolute atomic E-state index is 11.9. The molecule has 1 aliphatic heterocycles. The fourth-order valence-corrected chi connectivity index (χ4v) is 3.30. The third-order valence-corrected chi connectivity index (χ3v) is 4.14. The summed E-state index contributed by atoms with van der Waals surface area (Å²) in [6.45, 7) is 7.35. The molecule has 1 amide bonds. The highest BCUT2D eigenvalue weighted by Gasteiger charge is 2.54. The molecule has 6 nitrogen and oxygen atoms in total. The van der Waals surface area contributed by atoms with E-state index < -0.39 is 5.60 Å². The number of carbonyl (C=O) groups is 1. The topological polar surface area (TPSA) is 59.4 Å². The van der Waals surface area contributed by atoms with E-state index in [-0.39, 0.29) is 6.09 Å². The van der Waals surface area contributed by atoms with Gasteiger partial charge in [-0.3, -0.25) is 4.68 Å². The zero-order valence-corrected chi connectivity index (χ0v) is 13.2. The highest BCUT2D eigenvalue weighted by atomic mass is 16.6. The molecule has 21 heavy (non-hydrogen) atoms. The summed E-state index contributed by atoms with van der Waals surface area (Å²) >= 11 is 0. The van der Waals surface area contributed by atoms with Crippen LogP contribution in [0.2, 0.25) is 0 Å². The minimum Gasteiger partial charge on any atom is -0.444 e. The van der Waals surface area contributed by atoms with E-state index in [0.717, 1.165) is 31.6 Å². The van der Waals surface area contributed by atoms with Gasteiger partial charge >= 0.3 is 6.09 Å². The maximum Gasteiger partial charge on any atom is 0.410 e. The number of ether oxygens (including phenoxy) is 1. The number of nitrogens with one attached hydrogen (secondary N) is 1. The Bertz CT molecular complexity index is 532. The largest absolute Gasteiger partial charge is 0.444 e. The van der Waals surface area contributed by atoms with Crippen molar-refractivity contribution in [2.24, 2.45) is 12.5 Å². The highest BCUT2D eigenvalue weighted by molar-refractivity contribution is 5.69. The van der Waals surface area contributed by atoms with Gasteiger partial charge in [-0.2, -0.15) is 5.10 Å². The molecule has 3 rings (SSSR count). The third-order valence-electron chi connectivity index (χ3n) is 4.14. The molecule has 1 aliphatic carbocycles. The van der Waals surface area contributed by atoms with Gasteiger partial charge in [-0.1, -0.05) is 0 Å². The number of nitrogens with zero attached hydrogens (tertiary/aromatic N) is 3. The Hall–Kier alpha value is -1.72. The Kier molecular flexibility index (Phi) is 3.15. The van der Waals surface area contributed by atoms with Crippen LogP contribution in [0, 0.1) is 5.41 Å². The van der Waals surface area contributed by atoms with Crippen molar-refractivity contribution in [3.63, 3.8) is 0 Å². The van der Waals surface area contributed by atoms with Gasteiger partial charge in [0.05, 0.1) is 11.9 Å². The lowest BCUT2D eigenvalue weighted by Crippen LogP contribution is -2.66. The van der Waals surface area contributed by atoms with E-state index in [4.69, 9.17) is 4.74 Å². The van der Waals surface area contributed by atoms with Crippen molar-refractivity contribution in [3.8, 4) is 0 Å². The first-order valence-corrected chi connectivity index (χ1v) is 7.48. The van der Waals surface area contributed by atoms with E-state index in [1.165, 1.54) is 0 Å². The summed E-state index contributed by atoms with van der Waals surface area (Å²) in [6, 6.07) is 0.495. The molecular weight excluding hydrogens is 268 g/mol. The first-order chi connectivity index (χ1) is 9.75. The predicted molar refractivity (Wildman–Crippen MR) is 80.1 cm³/mol. The zero-order valence-electron chi connectivity index (χ0n) is 13.2. The van der Waals surface area contributed by atoms with Crippen LogP contribution in [0.4, 0.5) is 10.5 Å². The zero-order chi connectivity index (χ0) is 15.3. The summed E-state index contributed by atoms with van der Waals surface area (Å²) in [5.41, 5.74) is 0.973. The summed E-state index contributed by atoms with van der Waals surface area (Å²) < 4.78 is 7.19. The molecule has 1 aromatic heterocycles. The van der Waals surface area contributed by atoms with Crippen LogP contribution in [0.25, 0.3) is 0 Å². The molecule has 2 aliphatic rings. The fourth-order valence-electron chi connectivity index (χ4n) is 3.30. The van der Waals surface area contributed by atoms with Gasteiger partial charge in [0.1, 0.15) is 5.60 Å². The maximum atomic E-state index is 11.9. The number of carbonyl (C=O) groups excluding carboxylic acids is 1. The average Bonchev–Trinajstić information content (AvgIpc) is 2.62. The predicted octanol–water partition coefficient (Wildman–Crippen LogP) is 2.23. The van der Waals surface area contributed by atoms with E-state index in [1.807, 2.05) is 45.1 Å². The molecule has 1 saturated carbocycles. The Balaban J connectivity index is 1.42. The molecule has 0 unspecified atom stereocenters. The fraction of sp³-hybridized carbons (Fsp3) is 0.733. The summed E-state index contributed by atoms with van der Waals surface area (Å²) in [5.74, 6) is 0. The lowest BCUT2D eigenvalue weighted by Gasteiger charge is -2.58. The van der Waals surface area contributed by atoms with Gasteiger partial charge in [0, 0.05) is 37.8 Å². The highest BCUT2D eigenvalue weighted by Crippen LogP contribution is 2.49. The molecule has 116 valence electrons. The summed E-state index contributed by atoms with van der Waals surface area (Å²) in [4.78, 5) is 13.7. The van der Waals surface area contributed by atoms with Crippen molar-refractivity contribution < 1.29 is 9.53 Å². The summed E-state index contributed by atoms with van der Waals surface area (Å²) in [6.07, 6.45) is 5.87. The SMILES string of the molecule is Cn1cc(NC2CC3(C2)CN(C(=O)OC(C)(C)C)C3)cn1. The second kappa shape index (κ2) is 4.64. The van der Waals surface area contributed by atoms with Crippen LogP contribution in [0.5, 0.6) is 0 Å². The van der Waals surface area contributed by atoms with Gasteiger partial charge < -0.3 is 15.0 Å². The van der Waals surface area contributed by atoms with Crippen molar-refractivity contribution in [2.45, 2.75) is 45.3 Å². The van der Waals surface area contributed by atoms with Crippen molar-refractivity contribution in [2.75, 3.05) is 18.4 Å². The molecular formula is C15H24N4O2. The Labute approximate surface area is 125 Å². The molecule has 1 N–H and O–H groups in total. The normalized spacial score (nSPS) is 20.9. The van der Waals surface area contributed by atoms with Crippen molar-refractivity contribution in [1.82, 2.24) is 14.7 Å². The first kappa shape index (κ1) is 14.2. The van der Waals surface area contributed by atoms with E-state index in [9.17, 15) is 4.79 Å². The van der Waals surface area contributed by atoms with Crippen LogP contribution < -0.4 is 5.32 Å². The number of aryl methyl sites for hydroxylation is 1. The van der Waals surface area contributed by atoms with Gasteiger partial charge in [0.25, 0.3) is 0 Å². The monoisotopic (exact) mass is 292 g/mol. The molecule has 0 radical (unpaired) electrons. The standard InChI is InChI=1S/C15H24N4O2/c1-14(2,3)21-13(20)19-9-15(10-19)5-11(6-15)17-12-7-16-18(4)8-12/h7-8,11,17H,5-6,9-10H2,1-4H3. The lowest BCUT2D eigenvalue weighted by molar-refractivity contribution is -0.0738. The lowest BCUT2D eigenvalue weighted by atomic mass is 9.61. The van der Waals surface area contributed by atoms with E-state index in [1.54, 1.807) is 4.68 Å². The molecule has 1 saturated heterocycles. The number of likely N-dealkylation sites (tertiary alicyclic amines) is 1. The minimum absolute atomic E-state index is 0.184. The smallest absolute Gasteiger partial charge is 0.410 e. The number of hydrogen-bond acceptors (Lipinski definition) is 4. The van der Waals surface area contributed by atoms with Crippen molar-refractivity contribution >= 4 is 11.8 Å². The molecule has 2 heterocycles. The second-order valence-electron chi connectivity index (χ2n) is 7.49. The quantitative estimate of drug-likeness (QED) is 0.908. The summed E-state index contributed by atoms with van der Waals surface area (Å²) in [5, 5.41) is 7.64. The number of aromatic nitrogens is 2. The van der Waals surface area contributed by atoms with Crippen LogP contribution in [0.15, 0.2) is 12.4 Å². The van der Waals surface area contributed by atoms with Gasteiger partial charge in [-0.15, -0.1) is 0 Å². The van der Waals surface area contributed by atoms with E-state index in [0.29, 0.717) is 11.5 Å². The third kappa shape index (κ3) is 2.99. The Morgan fingerprint density at radius 1 is 1.43 bits per heavy atom. The van der Waals surface area contributed by atoms with Crippen LogP contribution in [0.3, 0.4) is 0 Å². The van der Waals surface area contributed by atoms with E-state index >= 15 is 0 Å². The Morgan fingerprint density at radius 3 is 2.62 bits per heavy atom. The summed E-state index contributed by atoms with van der Waals surface area (Å²) in [7, 11) is 1.91. The Morgan fingerprint density at radius 2 is 2.10 bits per heavy atom. The van der Waals surface area contributed by atoms with E-state index in [2.05, 4.69) is 10.4 Å².